The van der Waals surface area contributed by atoms with Gasteiger partial charge in [-0.1, -0.05) is 12.1 Å². The molecule has 0 bridgehead atoms. The molecule has 0 spiro atoms. The van der Waals surface area contributed by atoms with Gasteiger partial charge in [0.15, 0.2) is 0 Å². The maximum atomic E-state index is 11.9. The molecule has 1 N–H and O–H groups in total. The van der Waals surface area contributed by atoms with Crippen molar-refractivity contribution < 1.29 is 19.1 Å². The van der Waals surface area contributed by atoms with E-state index in [2.05, 4.69) is 5.32 Å². The number of anilines is 1. The topological polar surface area (TPSA) is 67.9 Å². The third kappa shape index (κ3) is 6.10. The van der Waals surface area contributed by atoms with Gasteiger partial charge in [0.25, 0.3) is 0 Å². The van der Waals surface area contributed by atoms with Crippen LogP contribution in [0.5, 0.6) is 11.5 Å². The Bertz CT molecular complexity index is 844. The molecule has 0 aromatic heterocycles. The number of carbonyl (C=O) groups excluding carboxylic acids is 2. The quantitative estimate of drug-likeness (QED) is 0.523. The fraction of sp³-hybridized carbons (Fsp3) is 0.304. The van der Waals surface area contributed by atoms with Gasteiger partial charge in [0, 0.05) is 24.7 Å². The maximum Gasteiger partial charge on any atom is 0.244 e. The summed E-state index contributed by atoms with van der Waals surface area (Å²) in [6.45, 7) is 4.13. The molecule has 2 amide bonds. The summed E-state index contributed by atoms with van der Waals surface area (Å²) in [7, 11) is 0. The fourth-order valence-corrected chi connectivity index (χ4v) is 3.06. The zero-order valence-corrected chi connectivity index (χ0v) is 16.6. The Morgan fingerprint density at radius 1 is 1.07 bits per heavy atom. The first kappa shape index (κ1) is 20.5. The van der Waals surface area contributed by atoms with Crippen molar-refractivity contribution in [2.45, 2.75) is 19.8 Å². The lowest BCUT2D eigenvalue weighted by atomic mass is 10.2. The molecule has 2 aromatic carbocycles. The molecule has 6 nitrogen and oxygen atoms in total. The number of rotatable bonds is 9. The first-order valence-corrected chi connectivity index (χ1v) is 9.87. The minimum absolute atomic E-state index is 0.167. The highest BCUT2D eigenvalue weighted by Gasteiger charge is 2.21. The number of benzene rings is 2. The molecule has 0 unspecified atom stereocenters. The Morgan fingerprint density at radius 3 is 2.38 bits per heavy atom. The van der Waals surface area contributed by atoms with Crippen LogP contribution in [0, 0.1) is 0 Å². The van der Waals surface area contributed by atoms with Crippen LogP contribution in [0.3, 0.4) is 0 Å². The summed E-state index contributed by atoms with van der Waals surface area (Å²) in [6.07, 6.45) is 4.76. The van der Waals surface area contributed by atoms with Crippen molar-refractivity contribution in [1.82, 2.24) is 5.32 Å². The van der Waals surface area contributed by atoms with Crippen LogP contribution < -0.4 is 19.7 Å². The lowest BCUT2D eigenvalue weighted by molar-refractivity contribution is -0.117. The van der Waals surface area contributed by atoms with Crippen LogP contribution in [-0.4, -0.2) is 38.1 Å². The average molecular weight is 394 g/mol. The lowest BCUT2D eigenvalue weighted by Gasteiger charge is -2.15. The molecule has 1 aliphatic rings. The van der Waals surface area contributed by atoms with Crippen LogP contribution in [0.25, 0.3) is 6.08 Å². The largest absolute Gasteiger partial charge is 0.494 e. The highest BCUT2D eigenvalue weighted by atomic mass is 16.5. The highest BCUT2D eigenvalue weighted by Crippen LogP contribution is 2.22. The van der Waals surface area contributed by atoms with Gasteiger partial charge in [0.05, 0.1) is 13.2 Å². The van der Waals surface area contributed by atoms with E-state index >= 15 is 0 Å². The summed E-state index contributed by atoms with van der Waals surface area (Å²) < 4.78 is 11.0. The van der Waals surface area contributed by atoms with Crippen LogP contribution in [0.2, 0.25) is 0 Å². The SMILES string of the molecule is CCOc1ccc(OCCNC(=O)/C=C/c2ccc(N3CCCC3=O)cc2)cc1. The van der Waals surface area contributed by atoms with Gasteiger partial charge in [-0.3, -0.25) is 9.59 Å². The predicted octanol–water partition coefficient (Wildman–Crippen LogP) is 3.42. The van der Waals surface area contributed by atoms with Gasteiger partial charge in [-0.25, -0.2) is 0 Å². The van der Waals surface area contributed by atoms with E-state index in [1.165, 1.54) is 6.08 Å². The molecule has 3 rings (SSSR count). The van der Waals surface area contributed by atoms with Gasteiger partial charge in [-0.15, -0.1) is 0 Å². The summed E-state index contributed by atoms with van der Waals surface area (Å²) in [5, 5.41) is 2.79. The molecule has 29 heavy (non-hydrogen) atoms. The van der Waals surface area contributed by atoms with Crippen molar-refractivity contribution in [1.29, 1.82) is 0 Å². The molecule has 0 atom stereocenters. The molecular formula is C23H26N2O4. The second kappa shape index (κ2) is 10.3. The molecule has 0 radical (unpaired) electrons. The van der Waals surface area contributed by atoms with Crippen molar-refractivity contribution >= 4 is 23.6 Å². The first-order chi connectivity index (χ1) is 14.2. The molecule has 1 heterocycles. The minimum Gasteiger partial charge on any atom is -0.494 e. The molecule has 2 aromatic rings. The summed E-state index contributed by atoms with van der Waals surface area (Å²) in [5.41, 5.74) is 1.81. The molecule has 1 aliphatic heterocycles. The van der Waals surface area contributed by atoms with Crippen molar-refractivity contribution in [2.75, 3.05) is 31.2 Å². The lowest BCUT2D eigenvalue weighted by Crippen LogP contribution is -2.26. The number of ether oxygens (including phenoxy) is 2. The summed E-state index contributed by atoms with van der Waals surface area (Å²) in [5.74, 6) is 1.52. The number of hydrogen-bond acceptors (Lipinski definition) is 4. The fourth-order valence-electron chi connectivity index (χ4n) is 3.06. The van der Waals surface area contributed by atoms with Crippen molar-refractivity contribution in [2.24, 2.45) is 0 Å². The van der Waals surface area contributed by atoms with E-state index in [0.717, 1.165) is 35.7 Å². The second-order valence-electron chi connectivity index (χ2n) is 6.62. The molecular weight excluding hydrogens is 368 g/mol. The number of hydrogen-bond donors (Lipinski definition) is 1. The average Bonchev–Trinajstić information content (AvgIpc) is 3.17. The van der Waals surface area contributed by atoms with Crippen molar-refractivity contribution in [3.63, 3.8) is 0 Å². The Hall–Kier alpha value is -3.28. The standard InChI is InChI=1S/C23H26N2O4/c1-2-28-20-10-12-21(13-11-20)29-17-15-24-22(26)14-7-18-5-8-19(9-6-18)25-16-3-4-23(25)27/h5-14H,2-4,15-17H2,1H3,(H,24,26)/b14-7+. The second-order valence-corrected chi connectivity index (χ2v) is 6.62. The molecule has 1 fully saturated rings. The predicted molar refractivity (Wildman–Crippen MR) is 113 cm³/mol. The monoisotopic (exact) mass is 394 g/mol. The third-order valence-corrected chi connectivity index (χ3v) is 4.51. The van der Waals surface area contributed by atoms with Crippen molar-refractivity contribution in [3.05, 3.63) is 60.2 Å². The van der Waals surface area contributed by atoms with Gasteiger partial charge in [0.1, 0.15) is 18.1 Å². The van der Waals surface area contributed by atoms with Crippen LogP contribution in [0.1, 0.15) is 25.3 Å². The molecule has 1 saturated heterocycles. The Morgan fingerprint density at radius 2 is 1.76 bits per heavy atom. The van der Waals surface area contributed by atoms with E-state index in [1.807, 2.05) is 55.5 Å². The molecule has 0 saturated carbocycles. The van der Waals surface area contributed by atoms with E-state index in [9.17, 15) is 9.59 Å². The summed E-state index contributed by atoms with van der Waals surface area (Å²) in [4.78, 5) is 25.5. The zero-order chi connectivity index (χ0) is 20.5. The smallest absolute Gasteiger partial charge is 0.244 e. The zero-order valence-electron chi connectivity index (χ0n) is 16.6. The van der Waals surface area contributed by atoms with E-state index in [0.29, 0.717) is 26.2 Å². The van der Waals surface area contributed by atoms with E-state index in [1.54, 1.807) is 11.0 Å². The molecule has 6 heteroatoms. The first-order valence-electron chi connectivity index (χ1n) is 9.87. The number of carbonyl (C=O) groups is 2. The van der Waals surface area contributed by atoms with Crippen LogP contribution >= 0.6 is 0 Å². The van der Waals surface area contributed by atoms with Gasteiger partial charge < -0.3 is 19.7 Å². The third-order valence-electron chi connectivity index (χ3n) is 4.51. The van der Waals surface area contributed by atoms with Gasteiger partial charge in [-0.05, 0) is 61.4 Å². The number of amides is 2. The molecule has 0 aliphatic carbocycles. The van der Waals surface area contributed by atoms with E-state index < -0.39 is 0 Å². The maximum absolute atomic E-state index is 11.9. The minimum atomic E-state index is -0.181. The Kier molecular flexibility index (Phi) is 7.28. The number of nitrogens with one attached hydrogen (secondary N) is 1. The number of nitrogens with zero attached hydrogens (tertiary/aromatic N) is 1. The summed E-state index contributed by atoms with van der Waals surface area (Å²) >= 11 is 0. The van der Waals surface area contributed by atoms with Crippen LogP contribution in [-0.2, 0) is 9.59 Å². The molecule has 152 valence electrons. The Labute approximate surface area is 171 Å². The van der Waals surface area contributed by atoms with E-state index in [-0.39, 0.29) is 11.8 Å². The Balaban J connectivity index is 1.38. The highest BCUT2D eigenvalue weighted by molar-refractivity contribution is 5.95. The van der Waals surface area contributed by atoms with E-state index in [4.69, 9.17) is 9.47 Å². The normalized spacial score (nSPS) is 13.7. The summed E-state index contributed by atoms with van der Waals surface area (Å²) in [6, 6.07) is 15.0. The van der Waals surface area contributed by atoms with Crippen LogP contribution in [0.4, 0.5) is 5.69 Å². The van der Waals surface area contributed by atoms with Crippen molar-refractivity contribution in [3.8, 4) is 11.5 Å². The van der Waals surface area contributed by atoms with Gasteiger partial charge >= 0.3 is 0 Å². The van der Waals surface area contributed by atoms with Crippen LogP contribution in [0.15, 0.2) is 54.6 Å². The van der Waals surface area contributed by atoms with Gasteiger partial charge in [-0.2, -0.15) is 0 Å². The van der Waals surface area contributed by atoms with Gasteiger partial charge in [0.2, 0.25) is 11.8 Å².